The number of fused-ring (bicyclic) bond motifs is 2. The molecule has 0 aromatic heterocycles. The maximum absolute atomic E-state index is 13.0. The number of hydrogen-bond acceptors (Lipinski definition) is 6. The minimum atomic E-state index is -0.474. The number of hydrazone groups is 1. The number of hydrogen-bond donors (Lipinski definition) is 1. The molecule has 29 heavy (non-hydrogen) atoms. The number of benzene rings is 2. The van der Waals surface area contributed by atoms with Crippen LogP contribution in [0.4, 0.5) is 0 Å². The van der Waals surface area contributed by atoms with Crippen LogP contribution in [0.25, 0.3) is 5.70 Å². The Morgan fingerprint density at radius 1 is 1.24 bits per heavy atom. The van der Waals surface area contributed by atoms with Gasteiger partial charge in [0.2, 0.25) is 0 Å². The van der Waals surface area contributed by atoms with E-state index >= 15 is 0 Å². The molecule has 2 aliphatic heterocycles. The Labute approximate surface area is 181 Å². The van der Waals surface area contributed by atoms with Gasteiger partial charge in [-0.15, -0.1) is 5.10 Å². The Kier molecular flexibility index (Phi) is 5.91. The second-order valence-corrected chi connectivity index (χ2v) is 8.48. The van der Waals surface area contributed by atoms with Crippen molar-refractivity contribution >= 4 is 44.5 Å². The molecule has 0 saturated heterocycles. The van der Waals surface area contributed by atoms with Crippen LogP contribution in [0.1, 0.15) is 32.0 Å². The lowest BCUT2D eigenvalue weighted by Crippen LogP contribution is -2.50. The summed E-state index contributed by atoms with van der Waals surface area (Å²) in [6, 6.07) is 13.5. The maximum Gasteiger partial charge on any atom is 0.276 e. The van der Waals surface area contributed by atoms with Crippen LogP contribution in [0.5, 0.6) is 5.75 Å². The van der Waals surface area contributed by atoms with Gasteiger partial charge in [0.1, 0.15) is 11.4 Å². The standard InChI is InChI=1S/C21H21BrN4O2S/c1-3-11-29-21-24-20(27)18-14-7-5-6-8-17(14)23-19(26(18)25-21)15-12-13(28-4-2)9-10-16(15)22/h5-10,12,19H,3-4,11H2,1-2H3,(H,24,25,27)/t19-/m1/s1. The highest BCUT2D eigenvalue weighted by Gasteiger charge is 2.35. The van der Waals surface area contributed by atoms with Gasteiger partial charge in [-0.3, -0.25) is 15.1 Å². The molecule has 1 amide bonds. The van der Waals surface area contributed by atoms with Crippen LogP contribution in [0, 0.1) is 0 Å². The van der Waals surface area contributed by atoms with Crippen LogP contribution in [0.15, 0.2) is 57.0 Å². The Hall–Kier alpha value is -2.32. The van der Waals surface area contributed by atoms with E-state index in [4.69, 9.17) is 14.8 Å². The second-order valence-electron chi connectivity index (χ2n) is 6.54. The first-order chi connectivity index (χ1) is 14.1. The molecule has 2 heterocycles. The van der Waals surface area contributed by atoms with Crippen LogP contribution in [0.3, 0.4) is 0 Å². The fourth-order valence-corrected chi connectivity index (χ4v) is 4.43. The van der Waals surface area contributed by atoms with E-state index in [0.29, 0.717) is 17.5 Å². The van der Waals surface area contributed by atoms with Gasteiger partial charge in [0.15, 0.2) is 11.3 Å². The quantitative estimate of drug-likeness (QED) is 0.725. The largest absolute Gasteiger partial charge is 0.494 e. The van der Waals surface area contributed by atoms with Crippen LogP contribution in [-0.4, -0.2) is 28.4 Å². The zero-order chi connectivity index (χ0) is 20.4. The number of nitrogens with one attached hydrogen (secondary N) is 1. The summed E-state index contributed by atoms with van der Waals surface area (Å²) in [6.07, 6.45) is 0.521. The predicted molar refractivity (Wildman–Crippen MR) is 119 cm³/mol. The number of amidine groups is 1. The van der Waals surface area contributed by atoms with E-state index < -0.39 is 6.17 Å². The Morgan fingerprint density at radius 2 is 2.07 bits per heavy atom. The van der Waals surface area contributed by atoms with E-state index in [0.717, 1.165) is 38.5 Å². The highest BCUT2D eigenvalue weighted by atomic mass is 79.9. The summed E-state index contributed by atoms with van der Waals surface area (Å²) in [6.45, 7) is 4.62. The predicted octanol–water partition coefficient (Wildman–Crippen LogP) is 3.13. The number of carbonyl (C=O) groups excluding carboxylic acids is 1. The molecule has 1 N–H and O–H groups in total. The van der Waals surface area contributed by atoms with Crippen LogP contribution < -0.4 is 20.6 Å². The van der Waals surface area contributed by atoms with Crippen molar-refractivity contribution in [3.05, 3.63) is 63.1 Å². The number of rotatable bonds is 5. The van der Waals surface area contributed by atoms with Crippen molar-refractivity contribution in [2.24, 2.45) is 10.1 Å². The van der Waals surface area contributed by atoms with Crippen LogP contribution >= 0.6 is 27.7 Å². The van der Waals surface area contributed by atoms with Crippen molar-refractivity contribution in [1.29, 1.82) is 0 Å². The Bertz CT molecular complexity index is 1100. The topological polar surface area (TPSA) is 66.3 Å². The highest BCUT2D eigenvalue weighted by molar-refractivity contribution is 9.10. The van der Waals surface area contributed by atoms with Gasteiger partial charge in [-0.05, 0) is 37.6 Å². The molecule has 1 atom stereocenters. The van der Waals surface area contributed by atoms with Crippen molar-refractivity contribution in [1.82, 2.24) is 10.3 Å². The van der Waals surface area contributed by atoms with Crippen molar-refractivity contribution in [3.63, 3.8) is 0 Å². The second kappa shape index (κ2) is 8.59. The number of para-hydroxylation sites is 1. The van der Waals surface area contributed by atoms with Gasteiger partial charge in [0, 0.05) is 21.0 Å². The van der Waals surface area contributed by atoms with E-state index in [9.17, 15) is 4.79 Å². The monoisotopic (exact) mass is 472 g/mol. The molecule has 0 fully saturated rings. The van der Waals surface area contributed by atoms with E-state index in [1.54, 1.807) is 5.01 Å². The van der Waals surface area contributed by atoms with Gasteiger partial charge in [0.25, 0.3) is 5.91 Å². The van der Waals surface area contributed by atoms with Crippen LogP contribution in [0.2, 0.25) is 0 Å². The lowest BCUT2D eigenvalue weighted by atomic mass is 10.1. The number of carbonyl (C=O) groups is 1. The zero-order valence-electron chi connectivity index (χ0n) is 16.2. The molecule has 0 radical (unpaired) electrons. The molecular weight excluding hydrogens is 452 g/mol. The molecule has 0 bridgehead atoms. The molecule has 2 aromatic rings. The zero-order valence-corrected chi connectivity index (χ0v) is 18.6. The van der Waals surface area contributed by atoms with E-state index in [1.807, 2.05) is 49.4 Å². The fraction of sp³-hybridized carbons (Fsp3) is 0.286. The van der Waals surface area contributed by atoms with Gasteiger partial charge < -0.3 is 4.74 Å². The summed E-state index contributed by atoms with van der Waals surface area (Å²) in [7, 11) is 0. The third-order valence-corrected chi connectivity index (χ3v) is 6.31. The molecule has 2 aliphatic rings. The number of amides is 1. The normalized spacial score (nSPS) is 17.7. The van der Waals surface area contributed by atoms with Gasteiger partial charge in [-0.25, -0.2) is 5.01 Å². The SMILES string of the molecule is CCCSC1=NN2C(=c3ccccc3=N[C@H]2c2cc(OCC)ccc2Br)C(=O)N1. The first kappa shape index (κ1) is 20.0. The summed E-state index contributed by atoms with van der Waals surface area (Å²) in [5.74, 6) is 1.47. The summed E-state index contributed by atoms with van der Waals surface area (Å²) in [4.78, 5) is 18.0. The molecule has 150 valence electrons. The number of thioether (sulfide) groups is 1. The smallest absolute Gasteiger partial charge is 0.276 e. The van der Waals surface area contributed by atoms with Gasteiger partial charge in [0.05, 0.1) is 12.0 Å². The lowest BCUT2D eigenvalue weighted by Gasteiger charge is -2.34. The number of ether oxygens (including phenoxy) is 1. The molecule has 8 heteroatoms. The Balaban J connectivity index is 1.90. The van der Waals surface area contributed by atoms with Crippen molar-refractivity contribution in [3.8, 4) is 5.75 Å². The first-order valence-electron chi connectivity index (χ1n) is 9.53. The fourth-order valence-electron chi connectivity index (χ4n) is 3.27. The summed E-state index contributed by atoms with van der Waals surface area (Å²) >= 11 is 5.18. The van der Waals surface area contributed by atoms with E-state index in [1.165, 1.54) is 11.8 Å². The van der Waals surface area contributed by atoms with Gasteiger partial charge in [-0.2, -0.15) is 0 Å². The average Bonchev–Trinajstić information content (AvgIpc) is 2.73. The van der Waals surface area contributed by atoms with E-state index in [2.05, 4.69) is 28.2 Å². The first-order valence-corrected chi connectivity index (χ1v) is 11.3. The van der Waals surface area contributed by atoms with Crippen molar-refractivity contribution in [2.45, 2.75) is 26.4 Å². The molecule has 0 saturated carbocycles. The maximum atomic E-state index is 13.0. The molecule has 4 rings (SSSR count). The average molecular weight is 473 g/mol. The molecule has 0 aliphatic carbocycles. The van der Waals surface area contributed by atoms with Crippen molar-refractivity contribution < 1.29 is 9.53 Å². The van der Waals surface area contributed by atoms with Crippen LogP contribution in [-0.2, 0) is 4.79 Å². The number of nitrogens with zero attached hydrogens (tertiary/aromatic N) is 3. The van der Waals surface area contributed by atoms with Gasteiger partial charge in [-0.1, -0.05) is 52.8 Å². The molecule has 0 unspecified atom stereocenters. The van der Waals surface area contributed by atoms with Gasteiger partial charge >= 0.3 is 0 Å². The van der Waals surface area contributed by atoms with E-state index in [-0.39, 0.29) is 5.91 Å². The highest BCUT2D eigenvalue weighted by Crippen LogP contribution is 2.36. The Morgan fingerprint density at radius 3 is 2.86 bits per heavy atom. The summed E-state index contributed by atoms with van der Waals surface area (Å²) in [5, 5.41) is 11.6. The van der Waals surface area contributed by atoms with Crippen molar-refractivity contribution in [2.75, 3.05) is 12.4 Å². The third-order valence-electron chi connectivity index (χ3n) is 4.51. The molecule has 2 aromatic carbocycles. The molecular formula is C21H21BrN4O2S. The molecule has 6 nitrogen and oxygen atoms in total. The minimum Gasteiger partial charge on any atom is -0.494 e. The number of halogens is 1. The molecule has 0 spiro atoms. The summed E-state index contributed by atoms with van der Waals surface area (Å²) < 4.78 is 6.57. The third kappa shape index (κ3) is 3.91. The summed E-state index contributed by atoms with van der Waals surface area (Å²) in [5.41, 5.74) is 1.40. The lowest BCUT2D eigenvalue weighted by molar-refractivity contribution is -0.116. The minimum absolute atomic E-state index is 0.164.